The van der Waals surface area contributed by atoms with Gasteiger partial charge in [-0.3, -0.25) is 19.5 Å². The SMILES string of the molecule is C=CCn1c(SCC(=O)NC(=O)Nc2ccccc2F)nc2sc3c(c2c1=O)CCCC3. The second-order valence-electron chi connectivity index (χ2n) is 7.26. The third-order valence-electron chi connectivity index (χ3n) is 5.06. The first kappa shape index (κ1) is 22.2. The number of hydrogen-bond acceptors (Lipinski definition) is 6. The van der Waals surface area contributed by atoms with Crippen LogP contribution in [0.15, 0.2) is 46.9 Å². The number of imide groups is 1. The number of urea groups is 1. The van der Waals surface area contributed by atoms with Crippen LogP contribution in [0.2, 0.25) is 0 Å². The summed E-state index contributed by atoms with van der Waals surface area (Å²) < 4.78 is 15.2. The highest BCUT2D eigenvalue weighted by Crippen LogP contribution is 2.34. The van der Waals surface area contributed by atoms with Gasteiger partial charge in [-0.25, -0.2) is 14.2 Å². The van der Waals surface area contributed by atoms with E-state index < -0.39 is 17.8 Å². The van der Waals surface area contributed by atoms with E-state index in [0.29, 0.717) is 15.4 Å². The lowest BCUT2D eigenvalue weighted by atomic mass is 9.97. The van der Waals surface area contributed by atoms with Gasteiger partial charge < -0.3 is 5.32 Å². The van der Waals surface area contributed by atoms with Crippen LogP contribution in [0, 0.1) is 5.82 Å². The summed E-state index contributed by atoms with van der Waals surface area (Å²) in [7, 11) is 0. The quantitative estimate of drug-likeness (QED) is 0.320. The van der Waals surface area contributed by atoms with Crippen LogP contribution in [0.3, 0.4) is 0 Å². The van der Waals surface area contributed by atoms with E-state index in [0.717, 1.165) is 43.0 Å². The number of thiophene rings is 1. The van der Waals surface area contributed by atoms with E-state index in [9.17, 15) is 18.8 Å². The van der Waals surface area contributed by atoms with Gasteiger partial charge in [0.1, 0.15) is 10.6 Å². The lowest BCUT2D eigenvalue weighted by Crippen LogP contribution is -2.36. The van der Waals surface area contributed by atoms with Crippen molar-refractivity contribution in [3.05, 3.63) is 63.5 Å². The standard InChI is InChI=1S/C22H21FN4O3S2/c1-2-11-27-20(29)18-13-7-3-6-10-16(13)32-19(18)26-22(27)31-12-17(28)25-21(30)24-15-9-5-4-8-14(15)23/h2,4-5,8-9H,1,3,6-7,10-12H2,(H2,24,25,28,30). The highest BCUT2D eigenvalue weighted by molar-refractivity contribution is 7.99. The van der Waals surface area contributed by atoms with Crippen LogP contribution in [0.5, 0.6) is 0 Å². The van der Waals surface area contributed by atoms with Crippen LogP contribution in [0.25, 0.3) is 10.2 Å². The molecule has 0 fully saturated rings. The number of fused-ring (bicyclic) bond motifs is 3. The predicted molar refractivity (Wildman–Crippen MR) is 125 cm³/mol. The van der Waals surface area contributed by atoms with Crippen molar-refractivity contribution in [2.75, 3.05) is 11.1 Å². The second-order valence-corrected chi connectivity index (χ2v) is 9.29. The molecule has 0 aliphatic heterocycles. The molecule has 1 aromatic carbocycles. The van der Waals surface area contributed by atoms with E-state index in [1.165, 1.54) is 39.0 Å². The van der Waals surface area contributed by atoms with Crippen molar-refractivity contribution < 1.29 is 14.0 Å². The number of nitrogens with zero attached hydrogens (tertiary/aromatic N) is 2. The fourth-order valence-electron chi connectivity index (χ4n) is 3.63. The minimum atomic E-state index is -0.835. The molecular weight excluding hydrogens is 451 g/mol. The van der Waals surface area contributed by atoms with Gasteiger partial charge in [-0.2, -0.15) is 0 Å². The average Bonchev–Trinajstić information content (AvgIpc) is 3.14. The zero-order valence-corrected chi connectivity index (χ0v) is 18.8. The molecule has 0 saturated carbocycles. The van der Waals surface area contributed by atoms with Gasteiger partial charge in [0.25, 0.3) is 5.56 Å². The molecule has 2 heterocycles. The molecule has 2 aromatic heterocycles. The van der Waals surface area contributed by atoms with E-state index in [4.69, 9.17) is 0 Å². The molecule has 2 N–H and O–H groups in total. The molecule has 0 bridgehead atoms. The molecule has 0 atom stereocenters. The molecular formula is C22H21FN4O3S2. The lowest BCUT2D eigenvalue weighted by molar-refractivity contribution is -0.117. The topological polar surface area (TPSA) is 93.1 Å². The Morgan fingerprint density at radius 3 is 2.84 bits per heavy atom. The zero-order chi connectivity index (χ0) is 22.7. The summed E-state index contributed by atoms with van der Waals surface area (Å²) in [4.78, 5) is 44.0. The van der Waals surface area contributed by atoms with Gasteiger partial charge in [0.2, 0.25) is 5.91 Å². The van der Waals surface area contributed by atoms with Crippen LogP contribution in [-0.2, 0) is 24.2 Å². The third-order valence-corrected chi connectivity index (χ3v) is 7.22. The molecule has 166 valence electrons. The summed E-state index contributed by atoms with van der Waals surface area (Å²) in [5.74, 6) is -1.33. The molecule has 1 aliphatic carbocycles. The number of carbonyl (C=O) groups is 2. The Kier molecular flexibility index (Phi) is 6.71. The first-order valence-corrected chi connectivity index (χ1v) is 11.9. The number of aromatic nitrogens is 2. The number of amides is 3. The molecule has 0 saturated heterocycles. The number of halogens is 1. The van der Waals surface area contributed by atoms with E-state index in [1.54, 1.807) is 12.1 Å². The minimum Gasteiger partial charge on any atom is -0.305 e. The number of nitrogens with one attached hydrogen (secondary N) is 2. The van der Waals surface area contributed by atoms with Crippen molar-refractivity contribution in [2.45, 2.75) is 37.4 Å². The van der Waals surface area contributed by atoms with Gasteiger partial charge in [-0.1, -0.05) is 30.0 Å². The molecule has 4 rings (SSSR count). The van der Waals surface area contributed by atoms with Crippen LogP contribution in [0.4, 0.5) is 14.9 Å². The van der Waals surface area contributed by atoms with Crippen LogP contribution < -0.4 is 16.2 Å². The number of thioether (sulfide) groups is 1. The third kappa shape index (κ3) is 4.61. The van der Waals surface area contributed by atoms with E-state index >= 15 is 0 Å². The Balaban J connectivity index is 1.49. The summed E-state index contributed by atoms with van der Waals surface area (Å²) in [6.45, 7) is 3.99. The molecule has 0 spiro atoms. The highest BCUT2D eigenvalue weighted by Gasteiger charge is 2.22. The van der Waals surface area contributed by atoms with Crippen molar-refractivity contribution in [2.24, 2.45) is 0 Å². The van der Waals surface area contributed by atoms with Crippen molar-refractivity contribution in [1.82, 2.24) is 14.9 Å². The Labute approximate surface area is 191 Å². The molecule has 10 heteroatoms. The number of allylic oxidation sites excluding steroid dienone is 1. The van der Waals surface area contributed by atoms with Crippen molar-refractivity contribution in [3.63, 3.8) is 0 Å². The van der Waals surface area contributed by atoms with Crippen molar-refractivity contribution >= 4 is 50.9 Å². The Morgan fingerprint density at radius 1 is 1.28 bits per heavy atom. The average molecular weight is 473 g/mol. The van der Waals surface area contributed by atoms with Crippen LogP contribution >= 0.6 is 23.1 Å². The van der Waals surface area contributed by atoms with Crippen molar-refractivity contribution in [3.8, 4) is 0 Å². The maximum Gasteiger partial charge on any atom is 0.325 e. The number of benzene rings is 1. The minimum absolute atomic E-state index is 0.0287. The first-order chi connectivity index (χ1) is 15.5. The highest BCUT2D eigenvalue weighted by atomic mass is 32.2. The normalized spacial score (nSPS) is 12.9. The summed E-state index contributed by atoms with van der Waals surface area (Å²) >= 11 is 2.60. The molecule has 32 heavy (non-hydrogen) atoms. The number of anilines is 1. The summed E-state index contributed by atoms with van der Waals surface area (Å²) in [5, 5.41) is 5.52. The molecule has 3 amide bonds. The first-order valence-electron chi connectivity index (χ1n) is 10.1. The van der Waals surface area contributed by atoms with E-state index in [1.807, 2.05) is 0 Å². The second kappa shape index (κ2) is 9.66. The molecule has 3 aromatic rings. The fraction of sp³-hybridized carbons (Fsp3) is 0.273. The maximum atomic E-state index is 13.6. The molecule has 0 unspecified atom stereocenters. The molecule has 1 aliphatic rings. The number of rotatable bonds is 6. The Hall–Kier alpha value is -2.98. The monoisotopic (exact) mass is 472 g/mol. The molecule has 7 nitrogen and oxygen atoms in total. The summed E-state index contributed by atoms with van der Waals surface area (Å²) in [6.07, 6.45) is 5.62. The Morgan fingerprint density at radius 2 is 2.06 bits per heavy atom. The maximum absolute atomic E-state index is 13.6. The van der Waals surface area contributed by atoms with E-state index in [2.05, 4.69) is 22.2 Å². The van der Waals surface area contributed by atoms with Gasteiger partial charge in [-0.05, 0) is 43.4 Å². The van der Waals surface area contributed by atoms with Gasteiger partial charge in [0.05, 0.1) is 16.8 Å². The van der Waals surface area contributed by atoms with Gasteiger partial charge >= 0.3 is 6.03 Å². The zero-order valence-electron chi connectivity index (χ0n) is 17.2. The fourth-order valence-corrected chi connectivity index (χ4v) is 5.74. The Bertz CT molecular complexity index is 1270. The van der Waals surface area contributed by atoms with Gasteiger partial charge in [0, 0.05) is 11.4 Å². The number of para-hydroxylation sites is 1. The van der Waals surface area contributed by atoms with E-state index in [-0.39, 0.29) is 23.5 Å². The van der Waals surface area contributed by atoms with Crippen molar-refractivity contribution in [1.29, 1.82) is 0 Å². The lowest BCUT2D eigenvalue weighted by Gasteiger charge is -2.12. The number of carbonyl (C=O) groups excluding carboxylic acids is 2. The number of hydrogen-bond donors (Lipinski definition) is 2. The van der Waals surface area contributed by atoms with Gasteiger partial charge in [-0.15, -0.1) is 17.9 Å². The number of aryl methyl sites for hydroxylation is 2. The largest absolute Gasteiger partial charge is 0.325 e. The van der Waals surface area contributed by atoms with Crippen LogP contribution in [0.1, 0.15) is 23.3 Å². The summed E-state index contributed by atoms with van der Waals surface area (Å²) in [6, 6.07) is 4.83. The summed E-state index contributed by atoms with van der Waals surface area (Å²) in [5.41, 5.74) is 0.944. The smallest absolute Gasteiger partial charge is 0.305 e. The van der Waals surface area contributed by atoms with Crippen LogP contribution in [-0.4, -0.2) is 27.2 Å². The van der Waals surface area contributed by atoms with Gasteiger partial charge in [0.15, 0.2) is 5.16 Å². The molecule has 0 radical (unpaired) electrons. The predicted octanol–water partition coefficient (Wildman–Crippen LogP) is 4.10.